The van der Waals surface area contributed by atoms with Crippen molar-refractivity contribution in [3.8, 4) is 11.8 Å². The molecule has 114 valence electrons. The van der Waals surface area contributed by atoms with Crippen LogP contribution in [0.5, 0.6) is 5.75 Å². The van der Waals surface area contributed by atoms with Gasteiger partial charge >= 0.3 is 0 Å². The van der Waals surface area contributed by atoms with Gasteiger partial charge in [-0.2, -0.15) is 9.64 Å². The minimum atomic E-state index is -1.15. The van der Waals surface area contributed by atoms with Gasteiger partial charge in [-0.05, 0) is 17.6 Å². The Hall–Kier alpha value is -2.70. The summed E-state index contributed by atoms with van der Waals surface area (Å²) in [5.41, 5.74) is 0.315. The van der Waals surface area contributed by atoms with Gasteiger partial charge in [-0.1, -0.05) is 11.6 Å². The standard InChI is InChI=1S/C13H4ClF2N5OS/c14-11-5(4-17)1-7-12(18-11)21-23-13(7)20-19-6-2-8(15)10(22)9(16)3-6/h1-3,22H/b20-19+. The lowest BCUT2D eigenvalue weighted by Gasteiger charge is -1.98. The molecule has 23 heavy (non-hydrogen) atoms. The van der Waals surface area contributed by atoms with E-state index in [0.717, 1.165) is 23.7 Å². The summed E-state index contributed by atoms with van der Waals surface area (Å²) in [5.74, 6) is -3.37. The first-order chi connectivity index (χ1) is 11.0. The highest BCUT2D eigenvalue weighted by Gasteiger charge is 2.12. The maximum absolute atomic E-state index is 13.2. The fourth-order valence-corrected chi connectivity index (χ4v) is 2.52. The number of benzene rings is 1. The van der Waals surface area contributed by atoms with Crippen LogP contribution in [-0.2, 0) is 0 Å². The summed E-state index contributed by atoms with van der Waals surface area (Å²) >= 11 is 6.75. The van der Waals surface area contributed by atoms with Crippen LogP contribution >= 0.6 is 23.1 Å². The molecule has 0 aliphatic heterocycles. The molecule has 0 unspecified atom stereocenters. The van der Waals surface area contributed by atoms with Crippen molar-refractivity contribution in [1.29, 1.82) is 5.26 Å². The number of aromatic hydroxyl groups is 1. The lowest BCUT2D eigenvalue weighted by molar-refractivity contribution is 0.396. The third-order valence-electron chi connectivity index (χ3n) is 2.78. The molecule has 6 nitrogen and oxygen atoms in total. The first kappa shape index (κ1) is 15.2. The lowest BCUT2D eigenvalue weighted by Crippen LogP contribution is -1.83. The van der Waals surface area contributed by atoms with Crippen LogP contribution in [0.4, 0.5) is 19.5 Å². The van der Waals surface area contributed by atoms with Crippen LogP contribution in [0.2, 0.25) is 5.15 Å². The van der Waals surface area contributed by atoms with Gasteiger partial charge in [0, 0.05) is 12.1 Å². The summed E-state index contributed by atoms with van der Waals surface area (Å²) < 4.78 is 30.5. The van der Waals surface area contributed by atoms with Crippen molar-refractivity contribution < 1.29 is 13.9 Å². The number of nitrogens with zero attached hydrogens (tertiary/aromatic N) is 5. The zero-order valence-corrected chi connectivity index (χ0v) is 12.5. The van der Waals surface area contributed by atoms with Crippen molar-refractivity contribution in [2.45, 2.75) is 0 Å². The summed E-state index contributed by atoms with van der Waals surface area (Å²) in [6.07, 6.45) is 0. The van der Waals surface area contributed by atoms with Gasteiger partial charge in [-0.25, -0.2) is 13.8 Å². The Morgan fingerprint density at radius 1 is 1.22 bits per heavy atom. The second kappa shape index (κ2) is 5.83. The number of hydrogen-bond donors (Lipinski definition) is 1. The largest absolute Gasteiger partial charge is 0.503 e. The molecule has 0 atom stereocenters. The smallest absolute Gasteiger partial charge is 0.187 e. The molecule has 0 fully saturated rings. The normalized spacial score (nSPS) is 11.2. The highest BCUT2D eigenvalue weighted by Crippen LogP contribution is 2.34. The monoisotopic (exact) mass is 351 g/mol. The summed E-state index contributed by atoms with van der Waals surface area (Å²) in [5, 5.41) is 26.3. The molecule has 3 aromatic rings. The van der Waals surface area contributed by atoms with Crippen LogP contribution in [0.3, 0.4) is 0 Å². The molecule has 0 spiro atoms. The SMILES string of the molecule is N#Cc1cc2c(/N=N/c3cc(F)c(O)c(F)c3)snc2nc1Cl. The van der Waals surface area contributed by atoms with Gasteiger partial charge < -0.3 is 5.11 Å². The molecule has 0 saturated carbocycles. The van der Waals surface area contributed by atoms with Gasteiger partial charge in [-0.15, -0.1) is 10.2 Å². The number of pyridine rings is 1. The number of azo groups is 1. The Bertz CT molecular complexity index is 975. The van der Waals surface area contributed by atoms with Crippen molar-refractivity contribution in [3.05, 3.63) is 40.6 Å². The van der Waals surface area contributed by atoms with E-state index in [0.29, 0.717) is 10.4 Å². The minimum Gasteiger partial charge on any atom is -0.503 e. The lowest BCUT2D eigenvalue weighted by atomic mass is 10.2. The molecule has 0 bridgehead atoms. The second-order valence-corrected chi connectivity index (χ2v) is 5.37. The zero-order chi connectivity index (χ0) is 16.6. The molecule has 0 radical (unpaired) electrons. The van der Waals surface area contributed by atoms with Gasteiger partial charge in [0.15, 0.2) is 28.0 Å². The number of halogens is 3. The second-order valence-electron chi connectivity index (χ2n) is 4.26. The summed E-state index contributed by atoms with van der Waals surface area (Å²) in [4.78, 5) is 3.95. The molecule has 0 amide bonds. The number of fused-ring (bicyclic) bond motifs is 1. The first-order valence-corrected chi connectivity index (χ1v) is 7.10. The fourth-order valence-electron chi connectivity index (χ4n) is 1.71. The predicted octanol–water partition coefficient (Wildman–Crippen LogP) is 4.62. The van der Waals surface area contributed by atoms with Crippen molar-refractivity contribution in [1.82, 2.24) is 9.36 Å². The molecular weight excluding hydrogens is 348 g/mol. The molecule has 0 saturated heterocycles. The van der Waals surface area contributed by atoms with Crippen LogP contribution in [0, 0.1) is 23.0 Å². The van der Waals surface area contributed by atoms with Crippen LogP contribution in [0.1, 0.15) is 5.56 Å². The first-order valence-electron chi connectivity index (χ1n) is 5.95. The van der Waals surface area contributed by atoms with Crippen molar-refractivity contribution in [2.75, 3.05) is 0 Å². The molecular formula is C13H4ClF2N5OS. The van der Waals surface area contributed by atoms with Gasteiger partial charge in [-0.3, -0.25) is 0 Å². The number of phenols is 1. The fraction of sp³-hybridized carbons (Fsp3) is 0. The highest BCUT2D eigenvalue weighted by molar-refractivity contribution is 7.11. The van der Waals surface area contributed by atoms with E-state index in [-0.39, 0.29) is 22.1 Å². The molecule has 2 aromatic heterocycles. The van der Waals surface area contributed by atoms with Crippen molar-refractivity contribution >= 4 is 44.9 Å². The maximum atomic E-state index is 13.2. The van der Waals surface area contributed by atoms with E-state index in [1.807, 2.05) is 6.07 Å². The quantitative estimate of drug-likeness (QED) is 0.538. The number of nitriles is 1. The Balaban J connectivity index is 2.03. The number of rotatable bonds is 2. The number of hydrogen-bond acceptors (Lipinski definition) is 7. The molecule has 0 aliphatic rings. The predicted molar refractivity (Wildman–Crippen MR) is 79.3 cm³/mol. The van der Waals surface area contributed by atoms with E-state index in [1.165, 1.54) is 6.07 Å². The number of aromatic nitrogens is 2. The van der Waals surface area contributed by atoms with Crippen LogP contribution in [-0.4, -0.2) is 14.5 Å². The summed E-state index contributed by atoms with van der Waals surface area (Å²) in [7, 11) is 0. The van der Waals surface area contributed by atoms with E-state index in [9.17, 15) is 8.78 Å². The van der Waals surface area contributed by atoms with Crippen LogP contribution in [0.15, 0.2) is 28.4 Å². The van der Waals surface area contributed by atoms with E-state index < -0.39 is 17.4 Å². The summed E-state index contributed by atoms with van der Waals surface area (Å²) in [6.45, 7) is 0. The van der Waals surface area contributed by atoms with Gasteiger partial charge in [0.05, 0.1) is 16.6 Å². The Morgan fingerprint density at radius 3 is 2.57 bits per heavy atom. The summed E-state index contributed by atoms with van der Waals surface area (Å²) in [6, 6.07) is 5.01. The van der Waals surface area contributed by atoms with E-state index in [1.54, 1.807) is 0 Å². The molecule has 2 heterocycles. The van der Waals surface area contributed by atoms with Crippen molar-refractivity contribution in [2.24, 2.45) is 10.2 Å². The molecule has 0 aliphatic carbocycles. The number of phenolic OH excluding ortho intramolecular Hbond substituents is 1. The van der Waals surface area contributed by atoms with Crippen LogP contribution in [0.25, 0.3) is 11.0 Å². The Kier molecular flexibility index (Phi) is 3.85. The zero-order valence-electron chi connectivity index (χ0n) is 11.0. The Morgan fingerprint density at radius 2 is 1.91 bits per heavy atom. The third-order valence-corrected chi connectivity index (χ3v) is 3.81. The minimum absolute atomic E-state index is 0.0245. The van der Waals surface area contributed by atoms with Gasteiger partial charge in [0.1, 0.15) is 11.2 Å². The molecule has 1 aromatic carbocycles. The third kappa shape index (κ3) is 2.81. The molecule has 3 rings (SSSR count). The van der Waals surface area contributed by atoms with E-state index in [4.69, 9.17) is 22.0 Å². The Labute approximate surface area is 136 Å². The van der Waals surface area contributed by atoms with E-state index >= 15 is 0 Å². The molecule has 1 N–H and O–H groups in total. The van der Waals surface area contributed by atoms with Crippen LogP contribution < -0.4 is 0 Å². The average Bonchev–Trinajstić information content (AvgIpc) is 2.91. The van der Waals surface area contributed by atoms with Gasteiger partial charge in [0.2, 0.25) is 0 Å². The average molecular weight is 352 g/mol. The highest BCUT2D eigenvalue weighted by atomic mass is 35.5. The topological polar surface area (TPSA) is 94.5 Å². The van der Waals surface area contributed by atoms with E-state index in [2.05, 4.69) is 19.6 Å². The maximum Gasteiger partial charge on any atom is 0.187 e. The van der Waals surface area contributed by atoms with Crippen molar-refractivity contribution in [3.63, 3.8) is 0 Å². The van der Waals surface area contributed by atoms with Gasteiger partial charge in [0.25, 0.3) is 0 Å². The molecule has 10 heteroatoms.